The first-order valence-electron chi connectivity index (χ1n) is 7.05. The molecule has 0 aliphatic carbocycles. The number of anilines is 3. The van der Waals surface area contributed by atoms with Crippen molar-refractivity contribution in [2.45, 2.75) is 6.92 Å². The zero-order chi connectivity index (χ0) is 15.7. The fourth-order valence-electron chi connectivity index (χ4n) is 2.33. The second kappa shape index (κ2) is 5.52. The largest absolute Gasteiger partial charge is 0.506 e. The average Bonchev–Trinajstić information content (AvgIpc) is 2.50. The van der Waals surface area contributed by atoms with Crippen molar-refractivity contribution in [1.82, 2.24) is 9.97 Å². The van der Waals surface area contributed by atoms with Crippen LogP contribution in [0.15, 0.2) is 42.5 Å². The van der Waals surface area contributed by atoms with Crippen LogP contribution in [0.2, 0.25) is 0 Å². The molecule has 0 aliphatic rings. The van der Waals surface area contributed by atoms with E-state index in [4.69, 9.17) is 0 Å². The Balaban J connectivity index is 2.09. The van der Waals surface area contributed by atoms with Crippen LogP contribution in [-0.2, 0) is 0 Å². The van der Waals surface area contributed by atoms with Gasteiger partial charge in [-0.2, -0.15) is 4.98 Å². The summed E-state index contributed by atoms with van der Waals surface area (Å²) in [6.45, 7) is 1.97. The molecule has 3 rings (SSSR count). The van der Waals surface area contributed by atoms with E-state index in [2.05, 4.69) is 15.3 Å². The molecule has 5 heteroatoms. The zero-order valence-corrected chi connectivity index (χ0v) is 12.8. The topological polar surface area (TPSA) is 61.3 Å². The number of hydrogen-bond donors (Lipinski definition) is 2. The molecule has 0 saturated heterocycles. The number of aromatic hydroxyl groups is 1. The lowest BCUT2D eigenvalue weighted by Crippen LogP contribution is -2.13. The summed E-state index contributed by atoms with van der Waals surface area (Å²) in [6, 6.07) is 13.2. The predicted octanol–water partition coefficient (Wildman–Crippen LogP) is 3.45. The summed E-state index contributed by atoms with van der Waals surface area (Å²) in [4.78, 5) is 11.0. The molecule has 0 spiro atoms. The summed E-state index contributed by atoms with van der Waals surface area (Å²) in [6.07, 6.45) is 0. The fourth-order valence-corrected chi connectivity index (χ4v) is 2.33. The fraction of sp³-hybridized carbons (Fsp3) is 0.176. The van der Waals surface area contributed by atoms with E-state index in [1.807, 2.05) is 62.3 Å². The molecule has 1 aromatic heterocycles. The maximum absolute atomic E-state index is 9.96. The van der Waals surface area contributed by atoms with Crippen molar-refractivity contribution in [3.63, 3.8) is 0 Å². The highest BCUT2D eigenvalue weighted by atomic mass is 16.3. The number of rotatable bonds is 3. The van der Waals surface area contributed by atoms with Crippen molar-refractivity contribution in [1.29, 1.82) is 0 Å². The Morgan fingerprint density at radius 1 is 1.05 bits per heavy atom. The van der Waals surface area contributed by atoms with Gasteiger partial charge in [-0.25, -0.2) is 4.98 Å². The molecule has 0 aliphatic heterocycles. The third-order valence-electron chi connectivity index (χ3n) is 3.41. The number of nitrogens with zero attached hydrogens (tertiary/aromatic N) is 3. The number of phenols is 1. The molecule has 1 heterocycles. The van der Waals surface area contributed by atoms with Gasteiger partial charge in [0.2, 0.25) is 5.95 Å². The Kier molecular flexibility index (Phi) is 3.55. The van der Waals surface area contributed by atoms with Gasteiger partial charge >= 0.3 is 0 Å². The second-order valence-corrected chi connectivity index (χ2v) is 5.43. The van der Waals surface area contributed by atoms with Crippen LogP contribution in [-0.4, -0.2) is 29.2 Å². The van der Waals surface area contributed by atoms with Crippen molar-refractivity contribution < 1.29 is 5.11 Å². The Hall–Kier alpha value is -2.82. The normalized spacial score (nSPS) is 10.7. The highest BCUT2D eigenvalue weighted by Crippen LogP contribution is 2.29. The van der Waals surface area contributed by atoms with Crippen LogP contribution >= 0.6 is 0 Å². The lowest BCUT2D eigenvalue weighted by molar-refractivity contribution is 0.477. The number of para-hydroxylation sites is 1. The predicted molar refractivity (Wildman–Crippen MR) is 90.0 cm³/mol. The minimum atomic E-state index is 0.175. The van der Waals surface area contributed by atoms with Gasteiger partial charge in [0.25, 0.3) is 0 Å². The van der Waals surface area contributed by atoms with Gasteiger partial charge in [0, 0.05) is 19.5 Å². The highest BCUT2D eigenvalue weighted by molar-refractivity contribution is 5.90. The van der Waals surface area contributed by atoms with E-state index >= 15 is 0 Å². The first-order chi connectivity index (χ1) is 10.5. The van der Waals surface area contributed by atoms with Gasteiger partial charge in [0.05, 0.1) is 11.2 Å². The molecule has 2 aromatic carbocycles. The molecule has 3 aromatic rings. The molecule has 0 saturated carbocycles. The molecule has 5 nitrogen and oxygen atoms in total. The maximum Gasteiger partial charge on any atom is 0.229 e. The van der Waals surface area contributed by atoms with Crippen molar-refractivity contribution in [3.05, 3.63) is 48.0 Å². The highest BCUT2D eigenvalue weighted by Gasteiger charge is 2.10. The minimum absolute atomic E-state index is 0.175. The summed E-state index contributed by atoms with van der Waals surface area (Å²) in [5.41, 5.74) is 2.50. The molecule has 0 fully saturated rings. The molecule has 112 valence electrons. The molecule has 0 bridgehead atoms. The van der Waals surface area contributed by atoms with Gasteiger partial charge < -0.3 is 15.3 Å². The summed E-state index contributed by atoms with van der Waals surface area (Å²) in [5.74, 6) is 1.47. The molecule has 2 N–H and O–H groups in total. The zero-order valence-electron chi connectivity index (χ0n) is 12.8. The van der Waals surface area contributed by atoms with Gasteiger partial charge in [-0.05, 0) is 36.8 Å². The van der Waals surface area contributed by atoms with E-state index in [1.54, 1.807) is 6.07 Å². The number of fused-ring (bicyclic) bond motifs is 1. The average molecular weight is 294 g/mol. The van der Waals surface area contributed by atoms with Gasteiger partial charge in [-0.15, -0.1) is 0 Å². The molecule has 22 heavy (non-hydrogen) atoms. The van der Waals surface area contributed by atoms with Crippen LogP contribution in [0.4, 0.5) is 17.5 Å². The standard InChI is InChI=1S/C17H18N4O/c1-11-8-9-15(22)14(10-11)19-17-18-13-7-5-4-6-12(13)16(20-17)21(2)3/h4-10,22H,1-3H3,(H,18,19,20). The summed E-state index contributed by atoms with van der Waals surface area (Å²) in [7, 11) is 3.89. The number of benzene rings is 2. The van der Waals surface area contributed by atoms with Crippen LogP contribution in [0.1, 0.15) is 5.56 Å². The minimum Gasteiger partial charge on any atom is -0.506 e. The second-order valence-electron chi connectivity index (χ2n) is 5.43. The van der Waals surface area contributed by atoms with Crippen LogP contribution in [0.3, 0.4) is 0 Å². The van der Waals surface area contributed by atoms with Gasteiger partial charge in [-0.1, -0.05) is 18.2 Å². The number of hydrogen-bond acceptors (Lipinski definition) is 5. The molecular weight excluding hydrogens is 276 g/mol. The van der Waals surface area contributed by atoms with Gasteiger partial charge in [-0.3, -0.25) is 0 Å². The molecule has 0 radical (unpaired) electrons. The van der Waals surface area contributed by atoms with Crippen LogP contribution in [0.25, 0.3) is 10.9 Å². The van der Waals surface area contributed by atoms with Crippen molar-refractivity contribution >= 4 is 28.4 Å². The maximum atomic E-state index is 9.96. The lowest BCUT2D eigenvalue weighted by Gasteiger charge is -2.16. The quantitative estimate of drug-likeness (QED) is 0.724. The van der Waals surface area contributed by atoms with E-state index < -0.39 is 0 Å². The first kappa shape index (κ1) is 14.1. The van der Waals surface area contributed by atoms with Gasteiger partial charge in [0.15, 0.2) is 0 Å². The molecule has 0 unspecified atom stereocenters. The number of aryl methyl sites for hydroxylation is 1. The number of phenolic OH excluding ortho intramolecular Hbond substituents is 1. The Bertz CT molecular complexity index is 830. The third-order valence-corrected chi connectivity index (χ3v) is 3.41. The summed E-state index contributed by atoms with van der Waals surface area (Å²) < 4.78 is 0. The molecule has 0 amide bonds. The lowest BCUT2D eigenvalue weighted by atomic mass is 10.2. The van der Waals surface area contributed by atoms with E-state index in [1.165, 1.54) is 0 Å². The Labute approximate surface area is 129 Å². The van der Waals surface area contributed by atoms with Crippen molar-refractivity contribution in [2.24, 2.45) is 0 Å². The first-order valence-corrected chi connectivity index (χ1v) is 7.05. The Morgan fingerprint density at radius 2 is 1.82 bits per heavy atom. The monoisotopic (exact) mass is 294 g/mol. The Morgan fingerprint density at radius 3 is 2.59 bits per heavy atom. The summed E-state index contributed by atoms with van der Waals surface area (Å²) >= 11 is 0. The number of aromatic nitrogens is 2. The molecular formula is C17H18N4O. The van der Waals surface area contributed by atoms with Crippen LogP contribution in [0, 0.1) is 6.92 Å². The van der Waals surface area contributed by atoms with Crippen molar-refractivity contribution in [3.8, 4) is 5.75 Å². The van der Waals surface area contributed by atoms with Crippen molar-refractivity contribution in [2.75, 3.05) is 24.3 Å². The van der Waals surface area contributed by atoms with E-state index in [0.717, 1.165) is 22.3 Å². The molecule has 0 atom stereocenters. The van der Waals surface area contributed by atoms with E-state index in [0.29, 0.717) is 11.6 Å². The van der Waals surface area contributed by atoms with Crippen LogP contribution in [0.5, 0.6) is 5.75 Å². The van der Waals surface area contributed by atoms with Gasteiger partial charge in [0.1, 0.15) is 11.6 Å². The SMILES string of the molecule is Cc1ccc(O)c(Nc2nc(N(C)C)c3ccccc3n2)c1. The third kappa shape index (κ3) is 2.65. The number of nitrogens with one attached hydrogen (secondary N) is 1. The van der Waals surface area contributed by atoms with E-state index in [-0.39, 0.29) is 5.75 Å². The smallest absolute Gasteiger partial charge is 0.229 e. The van der Waals surface area contributed by atoms with E-state index in [9.17, 15) is 5.11 Å². The summed E-state index contributed by atoms with van der Waals surface area (Å²) in [5, 5.41) is 14.1. The van der Waals surface area contributed by atoms with Crippen LogP contribution < -0.4 is 10.2 Å².